The Bertz CT molecular complexity index is 24.8. The first-order chi connectivity index (χ1) is 2.27. The van der Waals surface area contributed by atoms with Crippen LogP contribution in [0.2, 0.25) is 0 Å². The quantitative estimate of drug-likeness (QED) is 0.258. The van der Waals surface area contributed by atoms with Gasteiger partial charge in [0.1, 0.15) is 0 Å². The Morgan fingerprint density at radius 2 is 1.67 bits per heavy atom. The second-order valence-electron chi connectivity index (χ2n) is 0.358. The molecule has 0 aromatic rings. The van der Waals surface area contributed by atoms with E-state index < -0.39 is 8.60 Å². The summed E-state index contributed by atoms with van der Waals surface area (Å²) in [5.74, 6) is 4.20. The molecule has 4 nitrogen and oxygen atoms in total. The topological polar surface area (TPSA) is 75.7 Å². The normalized spacial score (nSPS) is 8.00. The molecule has 0 saturated heterocycles. The molecular formula is H4FeNO3P. The van der Waals surface area contributed by atoms with E-state index in [1.54, 1.807) is 0 Å². The van der Waals surface area contributed by atoms with Crippen LogP contribution in [-0.2, 0) is 21.7 Å². The molecule has 6 heteroatoms. The van der Waals surface area contributed by atoms with Crippen molar-refractivity contribution in [2.45, 2.75) is 0 Å². The smallest absolute Gasteiger partial charge is 0.327 e. The number of hydrogen-bond acceptors (Lipinski definition) is 4. The van der Waals surface area contributed by atoms with Gasteiger partial charge in [-0.25, -0.2) is 10.5 Å². The van der Waals surface area contributed by atoms with E-state index in [2.05, 4.69) is 10.5 Å². The van der Waals surface area contributed by atoms with Crippen LogP contribution in [0.1, 0.15) is 0 Å². The summed E-state index contributed by atoms with van der Waals surface area (Å²) < 4.78 is 3.43. The summed E-state index contributed by atoms with van der Waals surface area (Å²) in [6.07, 6.45) is 0. The van der Waals surface area contributed by atoms with Crippen LogP contribution in [0.3, 0.4) is 0 Å². The molecule has 0 spiro atoms. The predicted molar refractivity (Wildman–Crippen MR) is 16.6 cm³/mol. The summed E-state index contributed by atoms with van der Waals surface area (Å²) in [5.41, 5.74) is 0. The van der Waals surface area contributed by atoms with E-state index in [9.17, 15) is 0 Å². The average molecular weight is 153 g/mol. The Morgan fingerprint density at radius 1 is 1.50 bits per heavy atom. The average Bonchev–Trinajstić information content (AvgIpc) is 1.38. The van der Waals surface area contributed by atoms with Gasteiger partial charge in [0.25, 0.3) is 0 Å². The summed E-state index contributed by atoms with van der Waals surface area (Å²) in [4.78, 5) is 15.3. The van der Waals surface area contributed by atoms with Gasteiger partial charge in [0.15, 0.2) is 0 Å². The van der Waals surface area contributed by atoms with E-state index in [-0.39, 0.29) is 17.1 Å². The Kier molecular flexibility index (Phi) is 9.57. The van der Waals surface area contributed by atoms with Crippen LogP contribution in [0.25, 0.3) is 0 Å². The van der Waals surface area contributed by atoms with Crippen LogP contribution in [0.4, 0.5) is 0 Å². The fourth-order valence-electron chi connectivity index (χ4n) is 0. The molecule has 0 aromatic carbocycles. The van der Waals surface area contributed by atoms with Gasteiger partial charge in [-0.1, -0.05) is 0 Å². The molecule has 0 aliphatic heterocycles. The molecule has 0 aliphatic rings. The van der Waals surface area contributed by atoms with Gasteiger partial charge in [-0.05, 0) is 0 Å². The molecule has 0 amide bonds. The molecule has 4 N–H and O–H groups in total. The van der Waals surface area contributed by atoms with Crippen molar-refractivity contribution in [3.63, 3.8) is 0 Å². The van der Waals surface area contributed by atoms with Crippen molar-refractivity contribution in [2.24, 2.45) is 5.90 Å². The molecule has 0 fully saturated rings. The first-order valence-electron chi connectivity index (χ1n) is 0.818. The minimum Gasteiger partial charge on any atom is -0.327 e. The van der Waals surface area contributed by atoms with E-state index in [4.69, 9.17) is 9.79 Å². The second kappa shape index (κ2) is 5.79. The molecule has 0 unspecified atom stereocenters. The predicted octanol–water partition coefficient (Wildman–Crippen LogP) is -0.914. The maximum absolute atomic E-state index is 7.63. The van der Waals surface area contributed by atoms with Crippen molar-refractivity contribution >= 4 is 8.60 Å². The Labute approximate surface area is 46.7 Å². The summed E-state index contributed by atoms with van der Waals surface area (Å²) in [6, 6.07) is 0. The van der Waals surface area contributed by atoms with Crippen molar-refractivity contribution in [2.75, 3.05) is 0 Å². The van der Waals surface area contributed by atoms with Crippen LogP contribution in [0, 0.1) is 0 Å². The maximum atomic E-state index is 7.63. The standard InChI is InChI=1S/Fe.H4NO3P/c;1-4-5(2)3/h;2-3H,1H2. The van der Waals surface area contributed by atoms with Crippen molar-refractivity contribution in [3.8, 4) is 0 Å². The monoisotopic (exact) mass is 153 g/mol. The van der Waals surface area contributed by atoms with Crippen LogP contribution < -0.4 is 5.90 Å². The van der Waals surface area contributed by atoms with E-state index >= 15 is 0 Å². The molecule has 0 bridgehead atoms. The van der Waals surface area contributed by atoms with E-state index in [1.807, 2.05) is 0 Å². The van der Waals surface area contributed by atoms with Gasteiger partial charge in [-0.15, -0.1) is 0 Å². The largest absolute Gasteiger partial charge is 0.344 e. The number of hydrogen-bond donors (Lipinski definition) is 3. The van der Waals surface area contributed by atoms with Gasteiger partial charge in [-0.3, -0.25) is 0 Å². The molecule has 0 rings (SSSR count). The van der Waals surface area contributed by atoms with Crippen LogP contribution in [-0.4, -0.2) is 9.79 Å². The number of nitrogens with two attached hydrogens (primary N) is 1. The van der Waals surface area contributed by atoms with Gasteiger partial charge in [0.05, 0.1) is 0 Å². The molecule has 0 heterocycles. The second-order valence-corrected chi connectivity index (χ2v) is 1.07. The number of rotatable bonds is 1. The van der Waals surface area contributed by atoms with Crippen LogP contribution >= 0.6 is 8.60 Å². The zero-order chi connectivity index (χ0) is 4.28. The van der Waals surface area contributed by atoms with E-state index in [0.29, 0.717) is 0 Å². The van der Waals surface area contributed by atoms with Gasteiger partial charge in [0.2, 0.25) is 0 Å². The Balaban J connectivity index is 0. The van der Waals surface area contributed by atoms with E-state index in [0.717, 1.165) is 0 Å². The van der Waals surface area contributed by atoms with Gasteiger partial charge >= 0.3 is 8.60 Å². The van der Waals surface area contributed by atoms with E-state index in [1.165, 1.54) is 0 Å². The zero-order valence-corrected chi connectivity index (χ0v) is 4.68. The molecular weight excluding hydrogens is 149 g/mol. The molecule has 0 saturated carbocycles. The van der Waals surface area contributed by atoms with Gasteiger partial charge in [-0.2, -0.15) is 0 Å². The van der Waals surface area contributed by atoms with Crippen molar-refractivity contribution < 1.29 is 31.5 Å². The third-order valence-corrected chi connectivity index (χ3v) is 0.283. The van der Waals surface area contributed by atoms with Crippen molar-refractivity contribution in [3.05, 3.63) is 0 Å². The molecule has 0 aromatic heterocycles. The fourth-order valence-corrected chi connectivity index (χ4v) is 0. The van der Waals surface area contributed by atoms with Crippen molar-refractivity contribution in [1.29, 1.82) is 0 Å². The van der Waals surface area contributed by atoms with Gasteiger partial charge in [0, 0.05) is 17.1 Å². The SMILES string of the molecule is NOP(O)O.[Fe]. The minimum absolute atomic E-state index is 0. The first-order valence-corrected chi connectivity index (χ1v) is 1.98. The fraction of sp³-hybridized carbons (Fsp3) is 0. The first kappa shape index (κ1) is 9.92. The maximum Gasteiger partial charge on any atom is 0.344 e. The molecule has 40 valence electrons. The Morgan fingerprint density at radius 3 is 1.67 bits per heavy atom. The molecule has 0 aliphatic carbocycles. The van der Waals surface area contributed by atoms with Gasteiger partial charge < -0.3 is 9.79 Å². The molecule has 0 atom stereocenters. The van der Waals surface area contributed by atoms with Crippen LogP contribution in [0.15, 0.2) is 0 Å². The summed E-state index contributed by atoms with van der Waals surface area (Å²) in [5, 5.41) is 0. The zero-order valence-electron chi connectivity index (χ0n) is 2.68. The molecule has 6 heavy (non-hydrogen) atoms. The summed E-state index contributed by atoms with van der Waals surface area (Å²) in [7, 11) is -2.32. The van der Waals surface area contributed by atoms with Crippen molar-refractivity contribution in [1.82, 2.24) is 0 Å². The third kappa shape index (κ3) is 8.84. The molecule has 0 radical (unpaired) electrons. The third-order valence-electron chi connectivity index (χ3n) is 0.0943. The minimum atomic E-state index is -2.32. The Hall–Kier alpha value is 0.789. The van der Waals surface area contributed by atoms with Crippen LogP contribution in [0.5, 0.6) is 0 Å². The summed E-state index contributed by atoms with van der Waals surface area (Å²) in [6.45, 7) is 0. The summed E-state index contributed by atoms with van der Waals surface area (Å²) >= 11 is 0.